The summed E-state index contributed by atoms with van der Waals surface area (Å²) in [5.41, 5.74) is 3.89. The van der Waals surface area contributed by atoms with Crippen LogP contribution in [0.2, 0.25) is 0 Å². The van der Waals surface area contributed by atoms with E-state index < -0.39 is 36.2 Å². The van der Waals surface area contributed by atoms with E-state index >= 15 is 0 Å². The molecule has 1 aliphatic rings. The molecule has 1 aliphatic heterocycles. The number of hydrogen-bond acceptors (Lipinski definition) is 7. The van der Waals surface area contributed by atoms with Crippen LogP contribution in [0.5, 0.6) is 0 Å². The predicted molar refractivity (Wildman–Crippen MR) is 175 cm³/mol. The van der Waals surface area contributed by atoms with E-state index in [1.165, 1.54) is 6.08 Å². The van der Waals surface area contributed by atoms with E-state index in [0.29, 0.717) is 26.4 Å². The zero-order chi connectivity index (χ0) is 32.0. The minimum atomic E-state index is -0.791. The van der Waals surface area contributed by atoms with Crippen molar-refractivity contribution in [3.63, 3.8) is 0 Å². The summed E-state index contributed by atoms with van der Waals surface area (Å²) >= 11 is 0. The molecule has 0 unspecified atom stereocenters. The third kappa shape index (κ3) is 10.5. The molecule has 0 spiro atoms. The lowest BCUT2D eigenvalue weighted by molar-refractivity contribution is -0.195. The Kier molecular flexibility index (Phi) is 12.3. The normalized spacial score (nSPS) is 17.8. The van der Waals surface area contributed by atoms with E-state index in [9.17, 15) is 4.79 Å². The van der Waals surface area contributed by atoms with Crippen molar-refractivity contribution < 1.29 is 33.2 Å². The third-order valence-electron chi connectivity index (χ3n) is 7.55. The van der Waals surface area contributed by atoms with Crippen molar-refractivity contribution in [3.8, 4) is 0 Å². The molecule has 1 heterocycles. The predicted octanol–water partition coefficient (Wildman–Crippen LogP) is 7.19. The Bertz CT molecular complexity index is 1480. The van der Waals surface area contributed by atoms with Crippen LogP contribution in [-0.2, 0) is 59.6 Å². The molecule has 0 N–H and O–H groups in total. The van der Waals surface area contributed by atoms with Gasteiger partial charge in [-0.05, 0) is 42.2 Å². The maximum atomic E-state index is 12.9. The molecule has 4 atom stereocenters. The molecule has 7 heteroatoms. The summed E-state index contributed by atoms with van der Waals surface area (Å²) in [6, 6.07) is 39.3. The van der Waals surface area contributed by atoms with Crippen LogP contribution in [0.15, 0.2) is 133 Å². The molecule has 0 amide bonds. The van der Waals surface area contributed by atoms with Gasteiger partial charge in [0.1, 0.15) is 31.0 Å². The maximum absolute atomic E-state index is 12.9. The molecule has 0 aromatic heterocycles. The van der Waals surface area contributed by atoms with Gasteiger partial charge in [-0.15, -0.1) is 0 Å². The highest BCUT2D eigenvalue weighted by atomic mass is 16.8. The maximum Gasteiger partial charge on any atom is 0.330 e. The highest BCUT2D eigenvalue weighted by molar-refractivity contribution is 5.82. The van der Waals surface area contributed by atoms with Crippen molar-refractivity contribution in [1.29, 1.82) is 0 Å². The molecule has 7 nitrogen and oxygen atoms in total. The van der Waals surface area contributed by atoms with E-state index in [4.69, 9.17) is 28.4 Å². The fourth-order valence-corrected chi connectivity index (χ4v) is 5.18. The van der Waals surface area contributed by atoms with Gasteiger partial charge in [-0.3, -0.25) is 0 Å². The fourth-order valence-electron chi connectivity index (χ4n) is 5.18. The van der Waals surface area contributed by atoms with E-state index in [0.717, 1.165) is 22.3 Å². The van der Waals surface area contributed by atoms with Gasteiger partial charge in [0, 0.05) is 6.08 Å². The summed E-state index contributed by atoms with van der Waals surface area (Å²) in [6.45, 7) is 5.15. The summed E-state index contributed by atoms with van der Waals surface area (Å²) in [5, 5.41) is 0. The van der Waals surface area contributed by atoms with Crippen LogP contribution in [0.4, 0.5) is 0 Å². The van der Waals surface area contributed by atoms with Crippen molar-refractivity contribution >= 4 is 5.97 Å². The largest absolute Gasteiger partial charge is 0.458 e. The Morgan fingerprint density at radius 2 is 1.15 bits per heavy atom. The molecule has 1 saturated heterocycles. The molecule has 0 bridgehead atoms. The van der Waals surface area contributed by atoms with E-state index in [-0.39, 0.29) is 6.61 Å². The number of hydrogen-bond donors (Lipinski definition) is 0. The van der Waals surface area contributed by atoms with Gasteiger partial charge < -0.3 is 28.4 Å². The monoisotopic (exact) mass is 622 g/mol. The summed E-state index contributed by atoms with van der Waals surface area (Å²) in [7, 11) is 0. The molecule has 46 heavy (non-hydrogen) atoms. The van der Waals surface area contributed by atoms with Crippen molar-refractivity contribution in [2.75, 3.05) is 6.61 Å². The van der Waals surface area contributed by atoms with Gasteiger partial charge >= 0.3 is 5.97 Å². The summed E-state index contributed by atoms with van der Waals surface area (Å²) in [4.78, 5) is 12.9. The van der Waals surface area contributed by atoms with Crippen LogP contribution in [0, 0.1) is 0 Å². The smallest absolute Gasteiger partial charge is 0.330 e. The third-order valence-corrected chi connectivity index (χ3v) is 7.55. The standard InChI is InChI=1S/C39H42O7/c1-39(2)45-29-35(46-39)38(44-28-33-21-13-6-14-22-33)37(43-27-32-19-11-5-12-20-32)34(41-25-30-15-7-3-8-16-30)23-24-36(40)42-26-31-17-9-4-10-18-31/h3-24,34-35,37-38H,25-29H2,1-2H3/b24-23+/t34-,35+,37+,38+/m0/s1. The van der Waals surface area contributed by atoms with Crippen LogP contribution in [0.3, 0.4) is 0 Å². The van der Waals surface area contributed by atoms with Gasteiger partial charge in [0.25, 0.3) is 0 Å². The Hall–Kier alpha value is -4.11. The minimum Gasteiger partial charge on any atom is -0.458 e. The average molecular weight is 623 g/mol. The topological polar surface area (TPSA) is 72.5 Å². The summed E-state index contributed by atoms with van der Waals surface area (Å²) in [6.07, 6.45) is 0.639. The number of benzene rings is 4. The molecular weight excluding hydrogens is 580 g/mol. The van der Waals surface area contributed by atoms with Crippen molar-refractivity contribution in [1.82, 2.24) is 0 Å². The Labute approximate surface area is 271 Å². The number of ether oxygens (including phenoxy) is 6. The van der Waals surface area contributed by atoms with Crippen LogP contribution in [0.1, 0.15) is 36.1 Å². The number of carbonyl (C=O) groups is 1. The minimum absolute atomic E-state index is 0.165. The van der Waals surface area contributed by atoms with Gasteiger partial charge in [0.15, 0.2) is 5.79 Å². The molecule has 5 rings (SSSR count). The summed E-state index contributed by atoms with van der Waals surface area (Å²) < 4.78 is 37.8. The molecule has 0 aliphatic carbocycles. The van der Waals surface area contributed by atoms with Crippen molar-refractivity contribution in [3.05, 3.63) is 156 Å². The Morgan fingerprint density at radius 3 is 1.63 bits per heavy atom. The van der Waals surface area contributed by atoms with Crippen LogP contribution in [-0.4, -0.2) is 42.8 Å². The van der Waals surface area contributed by atoms with Gasteiger partial charge in [0.2, 0.25) is 0 Å². The van der Waals surface area contributed by atoms with Crippen molar-refractivity contribution in [2.45, 2.75) is 70.5 Å². The van der Waals surface area contributed by atoms with E-state index in [2.05, 4.69) is 0 Å². The SMILES string of the molecule is CC1(C)OC[C@H]([C@@H](OCc2ccccc2)[C@H](OCc2ccccc2)[C@H](/C=C/C(=O)OCc2ccccc2)OCc2ccccc2)O1. The highest BCUT2D eigenvalue weighted by Crippen LogP contribution is 2.30. The molecule has 0 saturated carbocycles. The number of carbonyl (C=O) groups excluding carboxylic acids is 1. The Morgan fingerprint density at radius 1 is 0.696 bits per heavy atom. The lowest BCUT2D eigenvalue weighted by Crippen LogP contribution is -2.49. The average Bonchev–Trinajstić information content (AvgIpc) is 3.46. The van der Waals surface area contributed by atoms with Crippen LogP contribution < -0.4 is 0 Å². The second-order valence-electron chi connectivity index (χ2n) is 11.6. The number of esters is 1. The Balaban J connectivity index is 1.44. The first-order chi connectivity index (χ1) is 22.4. The van der Waals surface area contributed by atoms with Gasteiger partial charge in [-0.25, -0.2) is 4.79 Å². The van der Waals surface area contributed by atoms with Gasteiger partial charge in [-0.2, -0.15) is 0 Å². The number of rotatable bonds is 16. The first-order valence-electron chi connectivity index (χ1n) is 15.6. The summed E-state index contributed by atoms with van der Waals surface area (Å²) in [5.74, 6) is -1.28. The first-order valence-corrected chi connectivity index (χ1v) is 15.6. The molecule has 4 aromatic rings. The second kappa shape index (κ2) is 17.0. The highest BCUT2D eigenvalue weighted by Gasteiger charge is 2.44. The second-order valence-corrected chi connectivity index (χ2v) is 11.6. The molecular formula is C39H42O7. The molecule has 4 aromatic carbocycles. The molecule has 0 radical (unpaired) electrons. The van der Waals surface area contributed by atoms with Gasteiger partial charge in [0.05, 0.1) is 26.4 Å². The lowest BCUT2D eigenvalue weighted by atomic mass is 10.0. The van der Waals surface area contributed by atoms with Crippen LogP contribution >= 0.6 is 0 Å². The first kappa shape index (κ1) is 33.3. The van der Waals surface area contributed by atoms with Crippen molar-refractivity contribution in [2.24, 2.45) is 0 Å². The fraction of sp³-hybridized carbons (Fsp3) is 0.308. The quantitative estimate of drug-likeness (QED) is 0.0967. The molecule has 1 fully saturated rings. The molecule has 240 valence electrons. The van der Waals surface area contributed by atoms with E-state index in [1.807, 2.05) is 135 Å². The zero-order valence-electron chi connectivity index (χ0n) is 26.4. The zero-order valence-corrected chi connectivity index (χ0v) is 26.4. The van der Waals surface area contributed by atoms with Crippen LogP contribution in [0.25, 0.3) is 0 Å². The lowest BCUT2D eigenvalue weighted by Gasteiger charge is -2.35. The van der Waals surface area contributed by atoms with E-state index in [1.54, 1.807) is 6.08 Å². The van der Waals surface area contributed by atoms with Gasteiger partial charge in [-0.1, -0.05) is 121 Å².